The van der Waals surface area contributed by atoms with Crippen LogP contribution in [0.1, 0.15) is 25.3 Å². The molecule has 110 valence electrons. The molecule has 0 aliphatic carbocycles. The first-order valence-corrected chi connectivity index (χ1v) is 7.00. The number of benzene rings is 1. The summed E-state index contributed by atoms with van der Waals surface area (Å²) in [7, 11) is 0. The lowest BCUT2D eigenvalue weighted by Crippen LogP contribution is -2.57. The number of carbonyl (C=O) groups excluding carboxylic acids is 1. The first kappa shape index (κ1) is 16.4. The summed E-state index contributed by atoms with van der Waals surface area (Å²) >= 11 is 4.09. The highest BCUT2D eigenvalue weighted by Crippen LogP contribution is 2.19. The van der Waals surface area contributed by atoms with Gasteiger partial charge in [0, 0.05) is 18.6 Å². The van der Waals surface area contributed by atoms with E-state index in [1.807, 2.05) is 6.92 Å². The molecule has 1 amide bonds. The van der Waals surface area contributed by atoms with Crippen LogP contribution in [0.5, 0.6) is 5.75 Å². The van der Waals surface area contributed by atoms with Crippen molar-refractivity contribution in [1.82, 2.24) is 5.32 Å². The van der Waals surface area contributed by atoms with Crippen molar-refractivity contribution in [3.63, 3.8) is 0 Å². The highest BCUT2D eigenvalue weighted by molar-refractivity contribution is 7.80. The number of aromatic hydroxyl groups is 1. The molecule has 0 aliphatic heterocycles. The summed E-state index contributed by atoms with van der Waals surface area (Å²) in [5.41, 5.74) is -0.733. The molecule has 1 aromatic carbocycles. The van der Waals surface area contributed by atoms with Crippen LogP contribution in [0.4, 0.5) is 0 Å². The molecule has 6 heteroatoms. The van der Waals surface area contributed by atoms with Crippen LogP contribution in [0.3, 0.4) is 0 Å². The van der Waals surface area contributed by atoms with Crippen LogP contribution in [-0.4, -0.2) is 33.4 Å². The Balaban J connectivity index is 2.95. The number of thiol groups is 1. The van der Waals surface area contributed by atoms with Crippen LogP contribution in [-0.2, 0) is 16.0 Å². The number of aliphatic carboxylic acids is 1. The fourth-order valence-corrected chi connectivity index (χ4v) is 2.18. The second kappa shape index (κ2) is 7.19. The molecule has 0 aliphatic rings. The topological polar surface area (TPSA) is 86.6 Å². The van der Waals surface area contributed by atoms with Crippen molar-refractivity contribution < 1.29 is 19.8 Å². The Morgan fingerprint density at radius 3 is 2.35 bits per heavy atom. The molecule has 0 bridgehead atoms. The van der Waals surface area contributed by atoms with Crippen molar-refractivity contribution in [1.29, 1.82) is 0 Å². The summed E-state index contributed by atoms with van der Waals surface area (Å²) in [5.74, 6) is -1.33. The van der Waals surface area contributed by atoms with Gasteiger partial charge in [-0.05, 0) is 24.1 Å². The second-order valence-electron chi connectivity index (χ2n) is 4.69. The van der Waals surface area contributed by atoms with Crippen LogP contribution >= 0.6 is 12.6 Å². The smallest absolute Gasteiger partial charge is 0.330 e. The lowest BCUT2D eigenvalue weighted by molar-refractivity contribution is -0.146. The standard InChI is InChI=1S/C14H19NO4S/c1-2-3-12(17)15-14(9-20,13(18)19)8-10-4-6-11(16)7-5-10/h4-7,16,20H,2-3,8-9H2,1H3,(H,15,17)(H,18,19). The van der Waals surface area contributed by atoms with E-state index in [1.165, 1.54) is 12.1 Å². The van der Waals surface area contributed by atoms with E-state index in [0.717, 1.165) is 0 Å². The van der Waals surface area contributed by atoms with Gasteiger partial charge in [0.25, 0.3) is 0 Å². The third-order valence-electron chi connectivity index (χ3n) is 2.98. The largest absolute Gasteiger partial charge is 0.508 e. The predicted octanol–water partition coefficient (Wildman–Crippen LogP) is 1.60. The zero-order valence-electron chi connectivity index (χ0n) is 11.3. The Morgan fingerprint density at radius 1 is 1.30 bits per heavy atom. The summed E-state index contributed by atoms with van der Waals surface area (Å²) in [6.45, 7) is 1.85. The third kappa shape index (κ3) is 4.16. The second-order valence-corrected chi connectivity index (χ2v) is 5.00. The van der Waals surface area contributed by atoms with Crippen LogP contribution in [0.25, 0.3) is 0 Å². The van der Waals surface area contributed by atoms with Gasteiger partial charge in [-0.2, -0.15) is 12.6 Å². The van der Waals surface area contributed by atoms with Gasteiger partial charge < -0.3 is 15.5 Å². The van der Waals surface area contributed by atoms with E-state index in [-0.39, 0.29) is 30.3 Å². The summed E-state index contributed by atoms with van der Waals surface area (Å²) in [4.78, 5) is 23.3. The fourth-order valence-electron chi connectivity index (χ4n) is 1.86. The minimum Gasteiger partial charge on any atom is -0.508 e. The SMILES string of the molecule is CCCC(=O)NC(CS)(Cc1ccc(O)cc1)C(=O)O. The molecule has 1 atom stereocenters. The maximum absolute atomic E-state index is 11.7. The number of rotatable bonds is 7. The van der Waals surface area contributed by atoms with Crippen molar-refractivity contribution in [2.24, 2.45) is 0 Å². The van der Waals surface area contributed by atoms with Gasteiger partial charge in [0.2, 0.25) is 5.91 Å². The van der Waals surface area contributed by atoms with Gasteiger partial charge >= 0.3 is 5.97 Å². The van der Waals surface area contributed by atoms with Crippen LogP contribution in [0.15, 0.2) is 24.3 Å². The first-order valence-electron chi connectivity index (χ1n) is 6.36. The third-order valence-corrected chi connectivity index (χ3v) is 3.52. The van der Waals surface area contributed by atoms with Gasteiger partial charge in [-0.15, -0.1) is 0 Å². The van der Waals surface area contributed by atoms with E-state index in [0.29, 0.717) is 12.0 Å². The number of hydrogen-bond acceptors (Lipinski definition) is 4. The number of carboxylic acids is 1. The number of nitrogens with one attached hydrogen (secondary N) is 1. The zero-order chi connectivity index (χ0) is 15.2. The highest BCUT2D eigenvalue weighted by atomic mass is 32.1. The number of carbonyl (C=O) groups is 2. The number of phenolic OH excluding ortho intramolecular Hbond substituents is 1. The van der Waals surface area contributed by atoms with Crippen molar-refractivity contribution in [3.05, 3.63) is 29.8 Å². The Bertz CT molecular complexity index is 475. The monoisotopic (exact) mass is 297 g/mol. The van der Waals surface area contributed by atoms with Gasteiger partial charge in [-0.25, -0.2) is 4.79 Å². The van der Waals surface area contributed by atoms with Crippen molar-refractivity contribution in [3.8, 4) is 5.75 Å². The van der Waals surface area contributed by atoms with Crippen LogP contribution < -0.4 is 5.32 Å². The first-order chi connectivity index (χ1) is 9.43. The molecule has 0 fully saturated rings. The fraction of sp³-hybridized carbons (Fsp3) is 0.429. The molecule has 0 saturated heterocycles. The van der Waals surface area contributed by atoms with Crippen molar-refractivity contribution in [2.75, 3.05) is 5.75 Å². The van der Waals surface area contributed by atoms with E-state index in [2.05, 4.69) is 17.9 Å². The molecule has 1 aromatic rings. The van der Waals surface area contributed by atoms with E-state index in [9.17, 15) is 19.8 Å². The Labute approximate surface area is 123 Å². The van der Waals surface area contributed by atoms with Crippen LogP contribution in [0.2, 0.25) is 0 Å². The van der Waals surface area contributed by atoms with Crippen molar-refractivity contribution in [2.45, 2.75) is 31.7 Å². The molecule has 0 aromatic heterocycles. The number of phenols is 1. The van der Waals surface area contributed by atoms with Gasteiger partial charge in [-0.1, -0.05) is 19.1 Å². The Kier molecular flexibility index (Phi) is 5.88. The summed E-state index contributed by atoms with van der Waals surface area (Å²) in [6.07, 6.45) is 1.03. The van der Waals surface area contributed by atoms with E-state index >= 15 is 0 Å². The molecule has 0 spiro atoms. The van der Waals surface area contributed by atoms with Gasteiger partial charge in [0.05, 0.1) is 0 Å². The molecule has 0 saturated carbocycles. The minimum absolute atomic E-state index is 0.0152. The molecule has 1 rings (SSSR count). The molecule has 20 heavy (non-hydrogen) atoms. The number of amides is 1. The number of hydrogen-bond donors (Lipinski definition) is 4. The average Bonchev–Trinajstić information content (AvgIpc) is 2.40. The maximum Gasteiger partial charge on any atom is 0.330 e. The highest BCUT2D eigenvalue weighted by Gasteiger charge is 2.38. The van der Waals surface area contributed by atoms with Gasteiger partial charge in [0.15, 0.2) is 5.54 Å². The Morgan fingerprint density at radius 2 is 1.90 bits per heavy atom. The zero-order valence-corrected chi connectivity index (χ0v) is 12.2. The summed E-state index contributed by atoms with van der Waals surface area (Å²) < 4.78 is 0. The molecule has 0 radical (unpaired) electrons. The number of carboxylic acid groups (broad SMARTS) is 1. The normalized spacial score (nSPS) is 13.5. The van der Waals surface area contributed by atoms with Gasteiger partial charge in [0.1, 0.15) is 5.75 Å². The predicted molar refractivity (Wildman–Crippen MR) is 79.1 cm³/mol. The molecule has 0 heterocycles. The lowest BCUT2D eigenvalue weighted by Gasteiger charge is -2.29. The van der Waals surface area contributed by atoms with E-state index < -0.39 is 11.5 Å². The molecular formula is C14H19NO4S. The summed E-state index contributed by atoms with van der Waals surface area (Å²) in [6, 6.07) is 6.22. The minimum atomic E-state index is -1.44. The van der Waals surface area contributed by atoms with Crippen molar-refractivity contribution >= 4 is 24.5 Å². The quantitative estimate of drug-likeness (QED) is 0.576. The average molecular weight is 297 g/mol. The molecule has 1 unspecified atom stereocenters. The summed E-state index contributed by atoms with van der Waals surface area (Å²) in [5, 5.41) is 21.2. The lowest BCUT2D eigenvalue weighted by atomic mass is 9.92. The molecule has 5 nitrogen and oxygen atoms in total. The molecule has 3 N–H and O–H groups in total. The molecular weight excluding hydrogens is 278 g/mol. The van der Waals surface area contributed by atoms with Crippen LogP contribution in [0, 0.1) is 0 Å². The van der Waals surface area contributed by atoms with E-state index in [4.69, 9.17) is 0 Å². The Hall–Kier alpha value is -1.69. The van der Waals surface area contributed by atoms with Gasteiger partial charge in [-0.3, -0.25) is 4.79 Å². The van der Waals surface area contributed by atoms with E-state index in [1.54, 1.807) is 12.1 Å². The maximum atomic E-state index is 11.7.